The molecular weight excluding hydrogens is 593 g/mol. The number of aromatic nitrogens is 5. The van der Waals surface area contributed by atoms with Crippen molar-refractivity contribution in [3.8, 4) is 22.5 Å². The van der Waals surface area contributed by atoms with Crippen LogP contribution in [0.2, 0.25) is 5.02 Å². The molecule has 3 aromatic heterocycles. The summed E-state index contributed by atoms with van der Waals surface area (Å²) >= 11 is 12.1. The van der Waals surface area contributed by atoms with Crippen molar-refractivity contribution >= 4 is 40.5 Å². The van der Waals surface area contributed by atoms with Crippen LogP contribution in [-0.4, -0.2) is 41.9 Å². The van der Waals surface area contributed by atoms with Gasteiger partial charge in [0.25, 0.3) is 5.56 Å². The second-order valence-corrected chi connectivity index (χ2v) is 11.1. The van der Waals surface area contributed by atoms with Crippen LogP contribution in [0.15, 0.2) is 71.3 Å². The van der Waals surface area contributed by atoms with Crippen LogP contribution in [0.3, 0.4) is 0 Å². The van der Waals surface area contributed by atoms with E-state index in [9.17, 15) is 14.7 Å². The molecule has 43 heavy (non-hydrogen) atoms. The van der Waals surface area contributed by atoms with Crippen molar-refractivity contribution in [1.82, 2.24) is 24.3 Å². The third-order valence-electron chi connectivity index (χ3n) is 7.31. The number of anilines is 2. The van der Waals surface area contributed by atoms with Crippen molar-refractivity contribution in [1.29, 1.82) is 0 Å². The minimum absolute atomic E-state index is 0.0256. The van der Waals surface area contributed by atoms with Gasteiger partial charge in [-0.25, -0.2) is 10.8 Å². The summed E-state index contributed by atoms with van der Waals surface area (Å²) in [5.74, 6) is 5.73. The highest BCUT2D eigenvalue weighted by molar-refractivity contribution is 6.31. The van der Waals surface area contributed by atoms with Gasteiger partial charge in [0.2, 0.25) is 5.91 Å². The van der Waals surface area contributed by atoms with Crippen molar-refractivity contribution in [3.05, 3.63) is 87.5 Å². The van der Waals surface area contributed by atoms with Crippen LogP contribution in [-0.2, 0) is 11.3 Å². The summed E-state index contributed by atoms with van der Waals surface area (Å²) in [7, 11) is 0. The highest BCUT2D eigenvalue weighted by Crippen LogP contribution is 2.34. The molecule has 4 heterocycles. The smallest absolute Gasteiger partial charge is 0.254 e. The molecule has 12 nitrogen and oxygen atoms in total. The quantitative estimate of drug-likeness (QED) is 0.141. The van der Waals surface area contributed by atoms with E-state index in [0.717, 1.165) is 5.56 Å². The normalized spacial score (nSPS) is 17.4. The summed E-state index contributed by atoms with van der Waals surface area (Å²) in [5, 5.41) is 18.6. The largest absolute Gasteiger partial charge is 0.394 e. The van der Waals surface area contributed by atoms with Gasteiger partial charge in [0.05, 0.1) is 66.4 Å². The van der Waals surface area contributed by atoms with E-state index in [1.165, 1.54) is 23.6 Å². The summed E-state index contributed by atoms with van der Waals surface area (Å²) in [5.41, 5.74) is 9.20. The first-order valence-corrected chi connectivity index (χ1v) is 14.4. The molecule has 1 aliphatic rings. The van der Waals surface area contributed by atoms with E-state index in [1.807, 2.05) is 19.1 Å². The number of benzene rings is 1. The van der Waals surface area contributed by atoms with Crippen LogP contribution in [0, 0.1) is 5.92 Å². The number of hydrogen-bond donors (Lipinski definition) is 4. The van der Waals surface area contributed by atoms with E-state index in [2.05, 4.69) is 20.4 Å². The molecule has 0 fully saturated rings. The lowest BCUT2D eigenvalue weighted by molar-refractivity contribution is -0.119. The Labute approximate surface area is 257 Å². The number of nitrogens with zero attached hydrogens (tertiary/aromatic N) is 6. The lowest BCUT2D eigenvalue weighted by Gasteiger charge is -2.23. The first kappa shape index (κ1) is 30.2. The first-order chi connectivity index (χ1) is 20.7. The van der Waals surface area contributed by atoms with Gasteiger partial charge in [0.15, 0.2) is 0 Å². The molecule has 0 radical (unpaired) electrons. The molecule has 224 valence electrons. The minimum atomic E-state index is -0.467. The fourth-order valence-corrected chi connectivity index (χ4v) is 5.47. The van der Waals surface area contributed by atoms with Gasteiger partial charge in [-0.2, -0.15) is 5.10 Å². The first-order valence-electron chi connectivity index (χ1n) is 13.6. The van der Waals surface area contributed by atoms with Gasteiger partial charge < -0.3 is 16.2 Å². The second-order valence-electron chi connectivity index (χ2n) is 10.3. The van der Waals surface area contributed by atoms with E-state index >= 15 is 0 Å². The minimum Gasteiger partial charge on any atom is -0.394 e. The van der Waals surface area contributed by atoms with E-state index in [1.54, 1.807) is 39.8 Å². The molecule has 1 aliphatic heterocycles. The molecule has 4 aromatic rings. The van der Waals surface area contributed by atoms with Gasteiger partial charge in [-0.15, -0.1) is 0 Å². The Bertz CT molecular complexity index is 1730. The van der Waals surface area contributed by atoms with E-state index in [-0.39, 0.29) is 35.7 Å². The van der Waals surface area contributed by atoms with Gasteiger partial charge in [-0.05, 0) is 43.2 Å². The van der Waals surface area contributed by atoms with Crippen LogP contribution in [0.25, 0.3) is 22.5 Å². The fourth-order valence-electron chi connectivity index (χ4n) is 5.19. The number of fused-ring (bicyclic) bond motifs is 4. The Morgan fingerprint density at radius 1 is 1.21 bits per heavy atom. The number of nitrogens with two attached hydrogens (primary N) is 2. The molecule has 0 saturated carbocycles. The van der Waals surface area contributed by atoms with Crippen LogP contribution >= 0.6 is 23.2 Å². The number of rotatable bonds is 6. The number of carbonyl (C=O) groups excluding carboxylic acids is 1. The Hall–Kier alpha value is -4.23. The van der Waals surface area contributed by atoms with Crippen molar-refractivity contribution < 1.29 is 9.90 Å². The number of aliphatic hydroxyl groups excluding tert-OH is 1. The molecule has 1 aromatic carbocycles. The van der Waals surface area contributed by atoms with Crippen LogP contribution in [0.4, 0.5) is 11.4 Å². The molecule has 6 N–H and O–H groups in total. The molecule has 0 aliphatic carbocycles. The Kier molecular flexibility index (Phi) is 9.11. The lowest BCUT2D eigenvalue weighted by atomic mass is 9.97. The number of hydrogen-bond acceptors (Lipinski definition) is 9. The zero-order chi connectivity index (χ0) is 30.7. The van der Waals surface area contributed by atoms with Gasteiger partial charge >= 0.3 is 0 Å². The van der Waals surface area contributed by atoms with Gasteiger partial charge in [-0.1, -0.05) is 36.5 Å². The summed E-state index contributed by atoms with van der Waals surface area (Å²) in [6, 6.07) is 9.62. The Morgan fingerprint density at radius 2 is 2.02 bits per heavy atom. The highest BCUT2D eigenvalue weighted by Gasteiger charge is 2.24. The van der Waals surface area contributed by atoms with Gasteiger partial charge in [0.1, 0.15) is 5.16 Å². The predicted molar refractivity (Wildman–Crippen MR) is 166 cm³/mol. The van der Waals surface area contributed by atoms with Crippen LogP contribution in [0.1, 0.15) is 37.9 Å². The van der Waals surface area contributed by atoms with Crippen molar-refractivity contribution in [2.45, 2.75) is 38.8 Å². The molecule has 0 spiro atoms. The fraction of sp³-hybridized carbons (Fsp3) is 0.276. The predicted octanol–water partition coefficient (Wildman–Crippen LogP) is 3.84. The van der Waals surface area contributed by atoms with Crippen molar-refractivity contribution in [2.75, 3.05) is 16.9 Å². The lowest BCUT2D eigenvalue weighted by Crippen LogP contribution is -2.28. The van der Waals surface area contributed by atoms with E-state index < -0.39 is 6.04 Å². The highest BCUT2D eigenvalue weighted by atomic mass is 35.5. The number of halogens is 2. The molecule has 14 heteroatoms. The number of hydrazine groups is 1. The zero-order valence-corrected chi connectivity index (χ0v) is 24.8. The standard InChI is InChI=1S/C29H31Cl2N9O3/c1-17-3-2-4-25(22-11-18(7-8-34-22)28-23(37-29(17)43)14-36-40(28)9-10-41)38-16-35-21(13-27(38)42)20-12-19(30)5-6-24(20)39(33)15-26(31)32/h5-8,11-17,25,41H,2-4,9-10,32-33H2,1H3,(H,37,43)/b26-15-/t17-,25+/m1/s1. The van der Waals surface area contributed by atoms with E-state index in [0.29, 0.717) is 58.3 Å². The average molecular weight is 625 g/mol. The molecule has 1 amide bonds. The van der Waals surface area contributed by atoms with E-state index in [4.69, 9.17) is 34.8 Å². The summed E-state index contributed by atoms with van der Waals surface area (Å²) in [4.78, 5) is 36.0. The summed E-state index contributed by atoms with van der Waals surface area (Å²) < 4.78 is 3.18. The number of nitrogens with one attached hydrogen (secondary N) is 1. The third kappa shape index (κ3) is 6.57. The average Bonchev–Trinajstić information content (AvgIpc) is 3.36. The number of carbonyl (C=O) groups is 1. The molecular formula is C29H31Cl2N9O3. The maximum Gasteiger partial charge on any atom is 0.254 e. The third-order valence-corrected chi connectivity index (χ3v) is 7.65. The molecule has 2 atom stereocenters. The molecule has 5 rings (SSSR count). The Morgan fingerprint density at radius 3 is 2.77 bits per heavy atom. The zero-order valence-electron chi connectivity index (χ0n) is 23.3. The second kappa shape index (κ2) is 13.0. The van der Waals surface area contributed by atoms with Crippen LogP contribution in [0.5, 0.6) is 0 Å². The SMILES string of the molecule is C[C@@H]1CCC[C@H](n2cnc(-c3cc(Cl)ccc3N(N)/C=C(\N)Cl)cc2=O)c2cc(ccn2)-c2c(cnn2CCO)NC1=O. The van der Waals surface area contributed by atoms with Gasteiger partial charge in [0, 0.05) is 34.3 Å². The topological polar surface area (TPSA) is 170 Å². The van der Waals surface area contributed by atoms with Crippen LogP contribution < -0.4 is 27.5 Å². The number of aliphatic hydroxyl groups is 1. The number of pyridine rings is 1. The molecule has 2 bridgehead atoms. The maximum atomic E-state index is 13.7. The summed E-state index contributed by atoms with van der Waals surface area (Å²) in [6.45, 7) is 1.98. The molecule has 0 saturated heterocycles. The summed E-state index contributed by atoms with van der Waals surface area (Å²) in [6.07, 6.45) is 7.84. The van der Waals surface area contributed by atoms with Crippen molar-refractivity contribution in [2.24, 2.45) is 17.5 Å². The maximum absolute atomic E-state index is 13.7. The van der Waals surface area contributed by atoms with Crippen molar-refractivity contribution in [3.63, 3.8) is 0 Å². The number of amides is 1. The Balaban J connectivity index is 1.60. The molecule has 0 unspecified atom stereocenters. The monoisotopic (exact) mass is 623 g/mol. The van der Waals surface area contributed by atoms with Gasteiger partial charge in [-0.3, -0.25) is 28.8 Å².